The van der Waals surface area contributed by atoms with Gasteiger partial charge in [-0.2, -0.15) is 0 Å². The number of likely N-dealkylation sites (N-methyl/N-ethyl adjacent to an activating group) is 1. The first-order chi connectivity index (χ1) is 25.2. The monoisotopic (exact) mass is 770 g/mol. The van der Waals surface area contributed by atoms with Crippen LogP contribution in [-0.2, 0) is 35.1 Å². The molecule has 0 aromatic heterocycles. The van der Waals surface area contributed by atoms with E-state index < -0.39 is 65.4 Å². The van der Waals surface area contributed by atoms with Crippen molar-refractivity contribution in [2.45, 2.75) is 151 Å². The minimum atomic E-state index is -0.996. The molecule has 2 bridgehead atoms. The second-order valence-electron chi connectivity index (χ2n) is 17.1. The maximum atomic E-state index is 14.0. The molecular formula is C42H66N4O7S. The molecule has 0 saturated heterocycles. The average Bonchev–Trinajstić information content (AvgIpc) is 3.59. The molecule has 10 atom stereocenters. The molecule has 0 aliphatic carbocycles. The van der Waals surface area contributed by atoms with Crippen LogP contribution in [0.5, 0.6) is 0 Å². The van der Waals surface area contributed by atoms with Gasteiger partial charge >= 0.3 is 5.97 Å². The number of thioether (sulfide) groups is 1. The number of nitrogens with one attached hydrogen (secondary N) is 2. The van der Waals surface area contributed by atoms with E-state index in [1.165, 1.54) is 11.9 Å². The molecule has 3 amide bonds. The standard InChI is InChI=1S/C42H66N4O7S/c1-12-26(4)36-40(51)46(11)29(7)41(52)53-35(42(8,9)10)20-25(3)19-34(48)27(5)39-44-32(23-54-39)17-18-33(47)22-31(21-30-15-13-24(2)14-16-30)38(50)43-28(6)37(49)45-36/h13-16,25-29,31-32,34-36,48H,12,17-23H2,1-11H3,(H,43,50)(H,45,49)/t25-,26-,27-,28-,29-,31+,32+,34-,35-,36-/m0/s1. The molecule has 0 unspecified atom stereocenters. The minimum absolute atomic E-state index is 0.0137. The van der Waals surface area contributed by atoms with E-state index in [0.717, 1.165) is 21.9 Å². The fourth-order valence-corrected chi connectivity index (χ4v) is 8.04. The summed E-state index contributed by atoms with van der Waals surface area (Å²) in [6, 6.07) is 4.86. The summed E-state index contributed by atoms with van der Waals surface area (Å²) in [6.07, 6.45) is 1.60. The van der Waals surface area contributed by atoms with Crippen LogP contribution in [0.3, 0.4) is 0 Å². The van der Waals surface area contributed by atoms with Crippen LogP contribution >= 0.6 is 11.8 Å². The molecule has 2 aliphatic rings. The predicted molar refractivity (Wildman–Crippen MR) is 215 cm³/mol. The Bertz CT molecular complexity index is 1490. The summed E-state index contributed by atoms with van der Waals surface area (Å²) in [6.45, 7) is 18.9. The molecule has 2 heterocycles. The summed E-state index contributed by atoms with van der Waals surface area (Å²) < 4.78 is 6.11. The first kappa shape index (κ1) is 45.1. The van der Waals surface area contributed by atoms with Crippen molar-refractivity contribution < 1.29 is 33.8 Å². The second kappa shape index (κ2) is 20.1. The summed E-state index contributed by atoms with van der Waals surface area (Å²) in [7, 11) is 1.53. The van der Waals surface area contributed by atoms with Crippen LogP contribution in [0.2, 0.25) is 0 Å². The van der Waals surface area contributed by atoms with Crippen molar-refractivity contribution in [1.82, 2.24) is 15.5 Å². The van der Waals surface area contributed by atoms with Crippen LogP contribution in [0, 0.1) is 36.0 Å². The fraction of sp³-hybridized carbons (Fsp3) is 0.714. The minimum Gasteiger partial charge on any atom is -0.460 e. The van der Waals surface area contributed by atoms with E-state index in [9.17, 15) is 29.1 Å². The van der Waals surface area contributed by atoms with Gasteiger partial charge in [-0.3, -0.25) is 24.2 Å². The molecule has 2 aliphatic heterocycles. The van der Waals surface area contributed by atoms with Crippen LogP contribution in [-0.4, -0.2) is 93.7 Å². The molecular weight excluding hydrogens is 705 g/mol. The van der Waals surface area contributed by atoms with Gasteiger partial charge in [-0.1, -0.05) is 84.7 Å². The Labute approximate surface area is 327 Å². The Hall–Kier alpha value is -3.25. The van der Waals surface area contributed by atoms with Gasteiger partial charge < -0.3 is 25.4 Å². The number of Topliss-reactive ketones (excluding diaryl/α,β-unsaturated/α-hetero) is 1. The highest BCUT2D eigenvalue weighted by Gasteiger charge is 2.38. The molecule has 1 aromatic rings. The van der Waals surface area contributed by atoms with E-state index in [1.54, 1.807) is 25.6 Å². The number of hydrogen-bond donors (Lipinski definition) is 3. The lowest BCUT2D eigenvalue weighted by molar-refractivity contribution is -0.164. The number of nitrogens with zero attached hydrogens (tertiary/aromatic N) is 2. The van der Waals surface area contributed by atoms with Crippen molar-refractivity contribution in [2.75, 3.05) is 12.8 Å². The number of carbonyl (C=O) groups excluding carboxylic acids is 5. The molecule has 3 N–H and O–H groups in total. The number of ketones is 1. The lowest BCUT2D eigenvalue weighted by Gasteiger charge is -2.36. The summed E-state index contributed by atoms with van der Waals surface area (Å²) in [5.74, 6) is -2.44. The molecule has 3 rings (SSSR count). The van der Waals surface area contributed by atoms with Gasteiger partial charge in [0.15, 0.2) is 0 Å². The van der Waals surface area contributed by atoms with Crippen molar-refractivity contribution >= 4 is 46.3 Å². The number of benzene rings is 1. The molecule has 54 heavy (non-hydrogen) atoms. The molecule has 0 fully saturated rings. The zero-order valence-electron chi connectivity index (χ0n) is 34.4. The smallest absolute Gasteiger partial charge is 0.328 e. The first-order valence-corrected chi connectivity index (χ1v) is 20.7. The number of aliphatic imine (C=N–C) groups is 1. The van der Waals surface area contributed by atoms with E-state index in [0.29, 0.717) is 32.1 Å². The predicted octanol–water partition coefficient (Wildman–Crippen LogP) is 5.67. The van der Waals surface area contributed by atoms with Crippen LogP contribution in [0.25, 0.3) is 0 Å². The van der Waals surface area contributed by atoms with Crippen LogP contribution in [0.1, 0.15) is 112 Å². The summed E-state index contributed by atoms with van der Waals surface area (Å²) >= 11 is 1.62. The van der Waals surface area contributed by atoms with Gasteiger partial charge in [-0.15, -0.1) is 11.8 Å². The largest absolute Gasteiger partial charge is 0.460 e. The Balaban J connectivity index is 1.94. The fourth-order valence-electron chi connectivity index (χ4n) is 6.79. The lowest BCUT2D eigenvalue weighted by atomic mass is 9.81. The molecule has 302 valence electrons. The number of aliphatic hydroxyl groups excluding tert-OH is 1. The van der Waals surface area contributed by atoms with E-state index in [2.05, 4.69) is 10.6 Å². The molecule has 0 spiro atoms. The highest BCUT2D eigenvalue weighted by atomic mass is 32.2. The summed E-state index contributed by atoms with van der Waals surface area (Å²) in [4.78, 5) is 74.6. The number of cyclic esters (lactones) is 1. The van der Waals surface area contributed by atoms with Crippen molar-refractivity contribution in [3.05, 3.63) is 35.4 Å². The highest BCUT2D eigenvalue weighted by molar-refractivity contribution is 8.14. The van der Waals surface area contributed by atoms with Crippen LogP contribution in [0.15, 0.2) is 29.3 Å². The Morgan fingerprint density at radius 1 is 1.00 bits per heavy atom. The number of amides is 3. The third-order valence-electron chi connectivity index (χ3n) is 11.2. The SMILES string of the molecule is CC[C@H](C)[C@@H]1NC(=O)[C@H](C)NC(=O)[C@H](Cc2ccc(C)cc2)CC(=O)CC[C@@H]2CSC(=N2)[C@@H](C)[C@@H](O)C[C@H](C)C[C@@H](C(C)(C)C)OC(=O)[C@H](C)N(C)C1=O. The molecule has 11 nitrogen and oxygen atoms in total. The number of esters is 1. The van der Waals surface area contributed by atoms with E-state index in [1.807, 2.05) is 79.7 Å². The van der Waals surface area contributed by atoms with Crippen LogP contribution < -0.4 is 10.6 Å². The first-order valence-electron chi connectivity index (χ1n) is 19.7. The number of rotatable bonds is 4. The zero-order valence-corrected chi connectivity index (χ0v) is 35.3. The second-order valence-corrected chi connectivity index (χ2v) is 18.1. The number of fused-ring (bicyclic) bond motifs is 1. The zero-order chi connectivity index (χ0) is 40.5. The average molecular weight is 771 g/mol. The topological polar surface area (TPSA) is 154 Å². The van der Waals surface area contributed by atoms with Gasteiger partial charge in [0, 0.05) is 37.5 Å². The maximum absolute atomic E-state index is 14.0. The van der Waals surface area contributed by atoms with E-state index in [-0.39, 0.29) is 42.4 Å². The van der Waals surface area contributed by atoms with Crippen molar-refractivity contribution in [1.29, 1.82) is 0 Å². The molecule has 0 saturated carbocycles. The lowest BCUT2D eigenvalue weighted by Crippen LogP contribution is -2.57. The van der Waals surface area contributed by atoms with Gasteiger partial charge in [0.1, 0.15) is 30.0 Å². The van der Waals surface area contributed by atoms with E-state index >= 15 is 0 Å². The van der Waals surface area contributed by atoms with Gasteiger partial charge in [0.25, 0.3) is 0 Å². The molecule has 1 aromatic carbocycles. The number of carbonyl (C=O) groups is 5. The van der Waals surface area contributed by atoms with Crippen molar-refractivity contribution in [3.63, 3.8) is 0 Å². The molecule has 12 heteroatoms. The van der Waals surface area contributed by atoms with Gasteiger partial charge in [0.2, 0.25) is 17.7 Å². The highest BCUT2D eigenvalue weighted by Crippen LogP contribution is 2.33. The Morgan fingerprint density at radius 2 is 1.65 bits per heavy atom. The van der Waals surface area contributed by atoms with Gasteiger partial charge in [-0.25, -0.2) is 4.79 Å². The Morgan fingerprint density at radius 3 is 2.26 bits per heavy atom. The number of aliphatic hydroxyl groups is 1. The molecule has 0 radical (unpaired) electrons. The Kier molecular flexibility index (Phi) is 16.8. The van der Waals surface area contributed by atoms with Gasteiger partial charge in [0.05, 0.1) is 17.2 Å². The number of aryl methyl sites for hydroxylation is 1. The summed E-state index contributed by atoms with van der Waals surface area (Å²) in [5.41, 5.74) is 1.58. The quantitative estimate of drug-likeness (QED) is 0.331. The van der Waals surface area contributed by atoms with Gasteiger partial charge in [-0.05, 0) is 69.3 Å². The van der Waals surface area contributed by atoms with Crippen molar-refractivity contribution in [3.8, 4) is 0 Å². The number of ether oxygens (including phenoxy) is 1. The third-order valence-corrected chi connectivity index (χ3v) is 12.5. The van der Waals surface area contributed by atoms with E-state index in [4.69, 9.17) is 9.73 Å². The third kappa shape index (κ3) is 12.9. The van der Waals surface area contributed by atoms with Crippen molar-refractivity contribution in [2.24, 2.45) is 34.1 Å². The van der Waals surface area contributed by atoms with Crippen LogP contribution in [0.4, 0.5) is 0 Å². The summed E-state index contributed by atoms with van der Waals surface area (Å²) in [5, 5.41) is 17.8. The maximum Gasteiger partial charge on any atom is 0.328 e. The number of hydrogen-bond acceptors (Lipinski definition) is 9. The normalized spacial score (nSPS) is 31.4.